The molecule has 41 heavy (non-hydrogen) atoms. The summed E-state index contributed by atoms with van der Waals surface area (Å²) in [7, 11) is 0. The maximum absolute atomic E-state index is 13.2. The van der Waals surface area contributed by atoms with E-state index < -0.39 is 17.1 Å². The molecular weight excluding hydrogens is 604 g/mol. The molecule has 3 aromatic rings. The van der Waals surface area contributed by atoms with Crippen molar-refractivity contribution in [3.05, 3.63) is 104 Å². The Bertz CT molecular complexity index is 1520. The third kappa shape index (κ3) is 7.68. The van der Waals surface area contributed by atoms with Gasteiger partial charge < -0.3 is 14.8 Å². The minimum atomic E-state index is -0.519. The van der Waals surface area contributed by atoms with Crippen molar-refractivity contribution >= 4 is 56.5 Å². The van der Waals surface area contributed by atoms with Gasteiger partial charge in [-0.2, -0.15) is 0 Å². The summed E-state index contributed by atoms with van der Waals surface area (Å²) in [5, 5.41) is 2.31. The van der Waals surface area contributed by atoms with Crippen LogP contribution < -0.4 is 14.8 Å². The summed E-state index contributed by atoms with van der Waals surface area (Å²) >= 11 is 4.25. The topological polar surface area (TPSA) is 84.9 Å². The molecule has 1 N–H and O–H groups in total. The highest BCUT2D eigenvalue weighted by Crippen LogP contribution is 2.38. The van der Waals surface area contributed by atoms with Gasteiger partial charge in [0.2, 0.25) is 5.91 Å². The lowest BCUT2D eigenvalue weighted by Gasteiger charge is -2.17. The second-order valence-electron chi connectivity index (χ2n) is 9.48. The average molecular weight is 636 g/mol. The maximum Gasteiger partial charge on any atom is 0.294 e. The minimum Gasteiger partial charge on any atom is -0.490 e. The van der Waals surface area contributed by atoms with E-state index in [9.17, 15) is 14.4 Å². The van der Waals surface area contributed by atoms with E-state index in [0.717, 1.165) is 43.4 Å². The van der Waals surface area contributed by atoms with Crippen molar-refractivity contribution in [2.75, 3.05) is 18.5 Å². The number of aryl methyl sites for hydroxylation is 2. The number of hydrogen-bond acceptors (Lipinski definition) is 6. The van der Waals surface area contributed by atoms with E-state index in [1.807, 2.05) is 69.3 Å². The van der Waals surface area contributed by atoms with Gasteiger partial charge in [-0.15, -0.1) is 6.58 Å². The van der Waals surface area contributed by atoms with Crippen LogP contribution in [0.4, 0.5) is 10.5 Å². The highest BCUT2D eigenvalue weighted by Gasteiger charge is 2.36. The van der Waals surface area contributed by atoms with Crippen molar-refractivity contribution < 1.29 is 23.9 Å². The van der Waals surface area contributed by atoms with Gasteiger partial charge in [-0.25, -0.2) is 0 Å². The second-order valence-corrected chi connectivity index (χ2v) is 11.4. The summed E-state index contributed by atoms with van der Waals surface area (Å²) in [6.45, 7) is 9.95. The van der Waals surface area contributed by atoms with Crippen LogP contribution in [-0.4, -0.2) is 35.1 Å². The Morgan fingerprint density at radius 1 is 1.07 bits per heavy atom. The molecular formula is C32H31BrN2O5S. The number of rotatable bonds is 11. The first-order chi connectivity index (χ1) is 19.7. The van der Waals surface area contributed by atoms with E-state index >= 15 is 0 Å². The fraction of sp³-hybridized carbons (Fsp3) is 0.219. The molecule has 0 atom stereocenters. The smallest absolute Gasteiger partial charge is 0.294 e. The molecule has 3 amide bonds. The molecule has 0 radical (unpaired) electrons. The largest absolute Gasteiger partial charge is 0.490 e. The van der Waals surface area contributed by atoms with Crippen LogP contribution in [0.15, 0.2) is 76.6 Å². The molecule has 0 unspecified atom stereocenters. The SMILES string of the molecule is C=CCc1cc(/C=C2\SC(=O)N(CC(=O)Nc3cc(C)ccc3C)C2=O)cc(OCC)c1OCc1ccc(Br)cc1. The third-order valence-electron chi connectivity index (χ3n) is 6.25. The lowest BCUT2D eigenvalue weighted by molar-refractivity contribution is -0.127. The number of nitrogens with zero attached hydrogens (tertiary/aromatic N) is 1. The third-order valence-corrected chi connectivity index (χ3v) is 7.69. The van der Waals surface area contributed by atoms with Gasteiger partial charge in [0, 0.05) is 15.7 Å². The van der Waals surface area contributed by atoms with E-state index in [0.29, 0.717) is 42.4 Å². The molecule has 0 aliphatic carbocycles. The predicted octanol–water partition coefficient (Wildman–Crippen LogP) is 7.45. The van der Waals surface area contributed by atoms with Gasteiger partial charge in [-0.05, 0) is 97.6 Å². The van der Waals surface area contributed by atoms with Gasteiger partial charge in [0.25, 0.3) is 11.1 Å². The Kier molecular flexibility index (Phi) is 10.1. The first-order valence-electron chi connectivity index (χ1n) is 13.1. The van der Waals surface area contributed by atoms with Crippen molar-refractivity contribution in [1.82, 2.24) is 4.90 Å². The molecule has 1 heterocycles. The molecule has 212 valence electrons. The summed E-state index contributed by atoms with van der Waals surface area (Å²) in [4.78, 5) is 39.8. The highest BCUT2D eigenvalue weighted by molar-refractivity contribution is 9.10. The van der Waals surface area contributed by atoms with Crippen molar-refractivity contribution in [3.63, 3.8) is 0 Å². The van der Waals surface area contributed by atoms with Gasteiger partial charge in [-0.3, -0.25) is 19.3 Å². The molecule has 3 aromatic carbocycles. The van der Waals surface area contributed by atoms with E-state index in [1.54, 1.807) is 18.2 Å². The van der Waals surface area contributed by atoms with Crippen LogP contribution in [0.1, 0.15) is 34.7 Å². The van der Waals surface area contributed by atoms with Crippen LogP contribution in [0.2, 0.25) is 0 Å². The van der Waals surface area contributed by atoms with Crippen LogP contribution in [0.5, 0.6) is 11.5 Å². The first kappa shape index (κ1) is 30.1. The number of amides is 3. The Morgan fingerprint density at radius 2 is 1.83 bits per heavy atom. The standard InChI is InChI=1S/C32H31BrN2O5S/c1-5-7-24-15-23(16-27(39-6-2)30(24)40-19-22-10-12-25(33)13-11-22)17-28-31(37)35(32(38)41-28)18-29(36)34-26-14-20(3)8-9-21(26)4/h5,8-17H,1,6-7,18-19H2,2-4H3,(H,34,36)/b28-17-. The van der Waals surface area contributed by atoms with Crippen molar-refractivity contribution in [1.29, 1.82) is 0 Å². The van der Waals surface area contributed by atoms with Gasteiger partial charge in [0.1, 0.15) is 13.2 Å². The molecule has 1 fully saturated rings. The lowest BCUT2D eigenvalue weighted by atomic mass is 10.0. The minimum absolute atomic E-state index is 0.227. The summed E-state index contributed by atoms with van der Waals surface area (Å²) in [6.07, 6.45) is 3.92. The number of halogens is 1. The molecule has 1 aliphatic rings. The number of imide groups is 1. The molecule has 4 rings (SSSR count). The second kappa shape index (κ2) is 13.7. The zero-order chi connectivity index (χ0) is 29.5. The summed E-state index contributed by atoms with van der Waals surface area (Å²) < 4.78 is 13.1. The summed E-state index contributed by atoms with van der Waals surface area (Å²) in [5.41, 5.74) is 5.04. The number of carbonyl (C=O) groups is 3. The molecule has 0 bridgehead atoms. The summed E-state index contributed by atoms with van der Waals surface area (Å²) in [6, 6.07) is 17.2. The van der Waals surface area contributed by atoms with Gasteiger partial charge in [-0.1, -0.05) is 46.3 Å². The fourth-order valence-corrected chi connectivity index (χ4v) is 5.33. The molecule has 1 aliphatic heterocycles. The Labute approximate surface area is 252 Å². The number of thioether (sulfide) groups is 1. The molecule has 0 saturated carbocycles. The van der Waals surface area contributed by atoms with Crippen molar-refractivity contribution in [2.24, 2.45) is 0 Å². The quantitative estimate of drug-likeness (QED) is 0.174. The maximum atomic E-state index is 13.2. The van der Waals surface area contributed by atoms with E-state index in [1.165, 1.54) is 0 Å². The van der Waals surface area contributed by atoms with Gasteiger partial charge in [0.05, 0.1) is 11.5 Å². The number of ether oxygens (including phenoxy) is 2. The highest BCUT2D eigenvalue weighted by atomic mass is 79.9. The van der Waals surface area contributed by atoms with Crippen LogP contribution in [0.25, 0.3) is 6.08 Å². The zero-order valence-corrected chi connectivity index (χ0v) is 25.6. The normalized spacial score (nSPS) is 14.0. The van der Waals surface area contributed by atoms with E-state index in [-0.39, 0.29) is 11.4 Å². The fourth-order valence-electron chi connectivity index (χ4n) is 4.23. The van der Waals surface area contributed by atoms with Crippen LogP contribution in [0.3, 0.4) is 0 Å². The van der Waals surface area contributed by atoms with Crippen molar-refractivity contribution in [3.8, 4) is 11.5 Å². The van der Waals surface area contributed by atoms with Crippen molar-refractivity contribution in [2.45, 2.75) is 33.8 Å². The number of benzene rings is 3. The molecule has 7 nitrogen and oxygen atoms in total. The number of carbonyl (C=O) groups excluding carboxylic acids is 3. The summed E-state index contributed by atoms with van der Waals surface area (Å²) in [5.74, 6) is 0.168. The molecule has 0 spiro atoms. The monoisotopic (exact) mass is 634 g/mol. The number of allylic oxidation sites excluding steroid dienone is 1. The van der Waals surface area contributed by atoms with Crippen LogP contribution in [-0.2, 0) is 22.6 Å². The first-order valence-corrected chi connectivity index (χ1v) is 14.7. The number of nitrogens with one attached hydrogen (secondary N) is 1. The van der Waals surface area contributed by atoms with E-state index in [4.69, 9.17) is 9.47 Å². The zero-order valence-electron chi connectivity index (χ0n) is 23.2. The number of hydrogen-bond donors (Lipinski definition) is 1. The molecule has 0 aromatic heterocycles. The van der Waals surface area contributed by atoms with E-state index in [2.05, 4.69) is 27.8 Å². The molecule has 9 heteroatoms. The molecule has 1 saturated heterocycles. The Hall–Kier alpha value is -3.82. The Morgan fingerprint density at radius 3 is 2.54 bits per heavy atom. The average Bonchev–Trinajstić information content (AvgIpc) is 3.18. The van der Waals surface area contributed by atoms with Gasteiger partial charge in [0.15, 0.2) is 11.5 Å². The lowest BCUT2D eigenvalue weighted by Crippen LogP contribution is -2.36. The van der Waals surface area contributed by atoms with Crippen LogP contribution in [0, 0.1) is 13.8 Å². The predicted molar refractivity (Wildman–Crippen MR) is 167 cm³/mol. The number of anilines is 1. The van der Waals surface area contributed by atoms with Crippen LogP contribution >= 0.6 is 27.7 Å². The van der Waals surface area contributed by atoms with Gasteiger partial charge >= 0.3 is 0 Å². The Balaban J connectivity index is 1.55.